The molecule has 0 N–H and O–H groups in total. The first-order valence-electron chi connectivity index (χ1n) is 9.34. The van der Waals surface area contributed by atoms with E-state index in [0.29, 0.717) is 10.6 Å². The SMILES string of the molecule is COC(=O)Cn1c(=NC(=O)CCS(=O)(=O)c2ccc(OC)cc2)sc2cc(C)ccc21. The van der Waals surface area contributed by atoms with Crippen LogP contribution in [0.15, 0.2) is 52.4 Å². The summed E-state index contributed by atoms with van der Waals surface area (Å²) in [6.07, 6.45) is -0.278. The van der Waals surface area contributed by atoms with Crippen molar-refractivity contribution >= 4 is 43.3 Å². The highest BCUT2D eigenvalue weighted by molar-refractivity contribution is 7.91. The number of nitrogens with zero attached hydrogens (tertiary/aromatic N) is 2. The normalized spacial score (nSPS) is 12.2. The number of rotatable bonds is 7. The molecule has 1 amide bonds. The van der Waals surface area contributed by atoms with Crippen LogP contribution in [-0.4, -0.2) is 44.8 Å². The number of benzene rings is 2. The Morgan fingerprint density at radius 1 is 1.10 bits per heavy atom. The molecule has 0 unspecified atom stereocenters. The van der Waals surface area contributed by atoms with Crippen LogP contribution in [0.25, 0.3) is 10.2 Å². The van der Waals surface area contributed by atoms with Crippen LogP contribution in [-0.2, 0) is 30.7 Å². The van der Waals surface area contributed by atoms with Crippen LogP contribution in [0.3, 0.4) is 0 Å². The summed E-state index contributed by atoms with van der Waals surface area (Å²) in [6, 6.07) is 11.7. The van der Waals surface area contributed by atoms with Crippen LogP contribution < -0.4 is 9.54 Å². The Bertz CT molecular complexity index is 1290. The summed E-state index contributed by atoms with van der Waals surface area (Å²) >= 11 is 1.26. The number of aromatic nitrogens is 1. The van der Waals surface area contributed by atoms with Crippen molar-refractivity contribution in [3.63, 3.8) is 0 Å². The lowest BCUT2D eigenvalue weighted by atomic mass is 10.2. The van der Waals surface area contributed by atoms with E-state index in [4.69, 9.17) is 9.47 Å². The Balaban J connectivity index is 1.85. The van der Waals surface area contributed by atoms with Gasteiger partial charge in [0.05, 0.1) is 35.1 Å². The van der Waals surface area contributed by atoms with Gasteiger partial charge in [-0.15, -0.1) is 0 Å². The van der Waals surface area contributed by atoms with Gasteiger partial charge in [0.25, 0.3) is 0 Å². The number of methoxy groups -OCH3 is 2. The average Bonchev–Trinajstić information content (AvgIpc) is 3.08. The summed E-state index contributed by atoms with van der Waals surface area (Å²) in [7, 11) is -0.873. The van der Waals surface area contributed by atoms with E-state index in [0.717, 1.165) is 15.8 Å². The van der Waals surface area contributed by atoms with E-state index >= 15 is 0 Å². The predicted octanol–water partition coefficient (Wildman–Crippen LogP) is 2.48. The van der Waals surface area contributed by atoms with E-state index in [2.05, 4.69) is 4.99 Å². The second-order valence-electron chi connectivity index (χ2n) is 6.77. The van der Waals surface area contributed by atoms with Gasteiger partial charge in [0, 0.05) is 6.42 Å². The van der Waals surface area contributed by atoms with Gasteiger partial charge in [-0.2, -0.15) is 4.99 Å². The van der Waals surface area contributed by atoms with Crippen LogP contribution >= 0.6 is 11.3 Å². The lowest BCUT2D eigenvalue weighted by Crippen LogP contribution is -2.22. The maximum atomic E-state index is 12.5. The molecule has 0 radical (unpaired) electrons. The molecule has 0 spiro atoms. The fourth-order valence-corrected chi connectivity index (χ4v) is 5.27. The quantitative estimate of drug-likeness (QED) is 0.500. The van der Waals surface area contributed by atoms with Crippen LogP contribution in [0.5, 0.6) is 5.75 Å². The van der Waals surface area contributed by atoms with E-state index in [9.17, 15) is 18.0 Å². The van der Waals surface area contributed by atoms with Crippen molar-refractivity contribution in [1.29, 1.82) is 0 Å². The molecule has 0 saturated carbocycles. The molecule has 3 rings (SSSR count). The minimum Gasteiger partial charge on any atom is -0.497 e. The van der Waals surface area contributed by atoms with E-state index in [1.165, 1.54) is 37.7 Å². The Morgan fingerprint density at radius 2 is 1.81 bits per heavy atom. The molecule has 1 heterocycles. The Morgan fingerprint density at radius 3 is 2.45 bits per heavy atom. The van der Waals surface area contributed by atoms with Gasteiger partial charge in [0.1, 0.15) is 12.3 Å². The van der Waals surface area contributed by atoms with E-state index < -0.39 is 21.7 Å². The van der Waals surface area contributed by atoms with Gasteiger partial charge in [-0.05, 0) is 48.9 Å². The molecule has 0 fully saturated rings. The van der Waals surface area contributed by atoms with Crippen molar-refractivity contribution in [3.05, 3.63) is 52.8 Å². The standard InChI is InChI=1S/C21H22N2O6S2/c1-14-4-9-17-18(12-14)30-21(23(17)13-20(25)29-3)22-19(24)10-11-31(26,27)16-7-5-15(28-2)6-8-16/h4-9,12H,10-11,13H2,1-3H3. The summed E-state index contributed by atoms with van der Waals surface area (Å²) in [5.41, 5.74) is 1.78. The third-order valence-electron chi connectivity index (χ3n) is 4.58. The molecule has 8 nitrogen and oxygen atoms in total. The molecule has 1 aromatic heterocycles. The molecule has 0 bridgehead atoms. The number of amides is 1. The van der Waals surface area contributed by atoms with Crippen molar-refractivity contribution < 1.29 is 27.5 Å². The third-order valence-corrected chi connectivity index (χ3v) is 7.35. The largest absolute Gasteiger partial charge is 0.497 e. The zero-order valence-electron chi connectivity index (χ0n) is 17.3. The average molecular weight is 463 g/mol. The third kappa shape index (κ3) is 5.39. The number of aryl methyl sites for hydroxylation is 1. The summed E-state index contributed by atoms with van der Waals surface area (Å²) in [6.45, 7) is 1.84. The molecule has 10 heteroatoms. The van der Waals surface area contributed by atoms with Crippen molar-refractivity contribution in [2.24, 2.45) is 4.99 Å². The molecule has 0 atom stereocenters. The first-order valence-corrected chi connectivity index (χ1v) is 11.8. The smallest absolute Gasteiger partial charge is 0.325 e. The summed E-state index contributed by atoms with van der Waals surface area (Å²) < 4.78 is 37.3. The van der Waals surface area contributed by atoms with Gasteiger partial charge < -0.3 is 14.0 Å². The van der Waals surface area contributed by atoms with Crippen LogP contribution in [0.2, 0.25) is 0 Å². The van der Waals surface area contributed by atoms with Crippen LogP contribution in [0.1, 0.15) is 12.0 Å². The molecule has 2 aromatic carbocycles. The Kier molecular flexibility index (Phi) is 6.91. The Hall–Kier alpha value is -2.98. The van der Waals surface area contributed by atoms with Crippen molar-refractivity contribution in [2.75, 3.05) is 20.0 Å². The number of sulfone groups is 1. The van der Waals surface area contributed by atoms with Gasteiger partial charge in [0.15, 0.2) is 14.6 Å². The number of fused-ring (bicyclic) bond motifs is 1. The topological polar surface area (TPSA) is 104 Å². The number of hydrogen-bond acceptors (Lipinski definition) is 7. The second kappa shape index (κ2) is 9.44. The number of esters is 1. The number of ether oxygens (including phenoxy) is 2. The maximum absolute atomic E-state index is 12.5. The van der Waals surface area contributed by atoms with Gasteiger partial charge in [-0.25, -0.2) is 8.42 Å². The molecule has 0 aliphatic carbocycles. The van der Waals surface area contributed by atoms with Gasteiger partial charge in [-0.3, -0.25) is 9.59 Å². The van der Waals surface area contributed by atoms with Crippen LogP contribution in [0, 0.1) is 6.92 Å². The predicted molar refractivity (Wildman–Crippen MR) is 117 cm³/mol. The fourth-order valence-electron chi connectivity index (χ4n) is 2.90. The second-order valence-corrected chi connectivity index (χ2v) is 9.89. The minimum absolute atomic E-state index is 0.101. The molecular weight excluding hydrogens is 440 g/mol. The van der Waals surface area contributed by atoms with E-state index in [-0.39, 0.29) is 23.6 Å². The number of carbonyl (C=O) groups excluding carboxylic acids is 2. The molecule has 0 aliphatic heterocycles. The van der Waals surface area contributed by atoms with Crippen molar-refractivity contribution in [1.82, 2.24) is 4.57 Å². The lowest BCUT2D eigenvalue weighted by molar-refractivity contribution is -0.141. The zero-order valence-corrected chi connectivity index (χ0v) is 19.0. The van der Waals surface area contributed by atoms with Gasteiger partial charge in [0.2, 0.25) is 5.91 Å². The van der Waals surface area contributed by atoms with Crippen LogP contribution in [0.4, 0.5) is 0 Å². The molecule has 164 valence electrons. The maximum Gasteiger partial charge on any atom is 0.325 e. The zero-order chi connectivity index (χ0) is 22.6. The molecular formula is C21H22N2O6S2. The van der Waals surface area contributed by atoms with Gasteiger partial charge in [-0.1, -0.05) is 17.4 Å². The molecule has 0 aliphatic rings. The van der Waals surface area contributed by atoms with Gasteiger partial charge >= 0.3 is 5.97 Å². The minimum atomic E-state index is -3.65. The van der Waals surface area contributed by atoms with Crippen molar-refractivity contribution in [2.45, 2.75) is 24.8 Å². The summed E-state index contributed by atoms with van der Waals surface area (Å²) in [4.78, 5) is 28.8. The lowest BCUT2D eigenvalue weighted by Gasteiger charge is -2.05. The van der Waals surface area contributed by atoms with E-state index in [1.807, 2.05) is 25.1 Å². The van der Waals surface area contributed by atoms with E-state index in [1.54, 1.807) is 16.7 Å². The highest BCUT2D eigenvalue weighted by Gasteiger charge is 2.17. The molecule has 0 saturated heterocycles. The Labute approximate surface area is 183 Å². The van der Waals surface area contributed by atoms with Crippen molar-refractivity contribution in [3.8, 4) is 5.75 Å². The monoisotopic (exact) mass is 462 g/mol. The number of thiazole rings is 1. The highest BCUT2D eigenvalue weighted by atomic mass is 32.2. The first kappa shape index (κ1) is 22.7. The fraction of sp³-hybridized carbons (Fsp3) is 0.286. The summed E-state index contributed by atoms with van der Waals surface area (Å²) in [5, 5.41) is 0. The molecule has 31 heavy (non-hydrogen) atoms. The first-order chi connectivity index (χ1) is 14.7. The molecule has 3 aromatic rings. The number of hydrogen-bond donors (Lipinski definition) is 0. The highest BCUT2D eigenvalue weighted by Crippen LogP contribution is 2.20. The summed E-state index contributed by atoms with van der Waals surface area (Å²) in [5.74, 6) is -0.890. The number of carbonyl (C=O) groups is 2.